The van der Waals surface area contributed by atoms with Gasteiger partial charge in [0, 0.05) is 18.8 Å². The topological polar surface area (TPSA) is 71.6 Å². The van der Waals surface area contributed by atoms with Crippen molar-refractivity contribution in [3.63, 3.8) is 0 Å². The van der Waals surface area contributed by atoms with E-state index in [-0.39, 0.29) is 0 Å². The molecule has 7 nitrogen and oxygen atoms in total. The molecule has 0 unspecified atom stereocenters. The number of rotatable bonds is 7. The Morgan fingerprint density at radius 3 is 2.36 bits per heavy atom. The van der Waals surface area contributed by atoms with E-state index < -0.39 is 0 Å². The Bertz CT molecular complexity index is 805. The number of hydrogen-bond acceptors (Lipinski definition) is 6. The first-order chi connectivity index (χ1) is 12.3. The zero-order chi connectivity index (χ0) is 17.5. The molecular weight excluding hydrogens is 314 g/mol. The second-order valence-electron chi connectivity index (χ2n) is 5.46. The van der Waals surface area contributed by atoms with Crippen LogP contribution in [0.4, 0.5) is 11.6 Å². The molecule has 128 valence electrons. The van der Waals surface area contributed by atoms with Crippen LogP contribution in [0.25, 0.3) is 5.69 Å². The maximum atomic E-state index is 4.23. The normalized spacial score (nSPS) is 11.1. The highest BCUT2D eigenvalue weighted by molar-refractivity contribution is 5.47. The van der Waals surface area contributed by atoms with Crippen molar-refractivity contribution in [2.45, 2.75) is 20.4 Å². The van der Waals surface area contributed by atoms with Gasteiger partial charge in [-0.25, -0.2) is 0 Å². The predicted molar refractivity (Wildman–Crippen MR) is 97.4 cm³/mol. The van der Waals surface area contributed by atoms with Crippen molar-refractivity contribution in [1.82, 2.24) is 20.2 Å². The standard InChI is InChI=1S/C18H21N7/c1-3-24(4-2)16-12-10-15(11-13-16)14-19-20-18-21-22-23-25(18)17-8-6-5-7-9-17/h5-13H,3-4,14H2,1-2H3. The van der Waals surface area contributed by atoms with Gasteiger partial charge in [0.25, 0.3) is 5.95 Å². The predicted octanol–water partition coefficient (Wildman–Crippen LogP) is 3.79. The molecule has 0 bridgehead atoms. The molecule has 1 heterocycles. The Kier molecular flexibility index (Phi) is 5.46. The fourth-order valence-electron chi connectivity index (χ4n) is 2.56. The van der Waals surface area contributed by atoms with Crippen LogP contribution in [0.5, 0.6) is 0 Å². The van der Waals surface area contributed by atoms with Gasteiger partial charge in [0.2, 0.25) is 0 Å². The van der Waals surface area contributed by atoms with Crippen molar-refractivity contribution >= 4 is 11.6 Å². The van der Waals surface area contributed by atoms with Gasteiger partial charge in [0.15, 0.2) is 0 Å². The molecule has 0 atom stereocenters. The summed E-state index contributed by atoms with van der Waals surface area (Å²) in [5.41, 5.74) is 3.17. The molecule has 0 fully saturated rings. The number of nitrogens with zero attached hydrogens (tertiary/aromatic N) is 7. The maximum Gasteiger partial charge on any atom is 0.292 e. The Hall–Kier alpha value is -3.09. The first-order valence-corrected chi connectivity index (χ1v) is 8.37. The second-order valence-corrected chi connectivity index (χ2v) is 5.46. The summed E-state index contributed by atoms with van der Waals surface area (Å²) in [5.74, 6) is 0.367. The third-order valence-electron chi connectivity index (χ3n) is 3.93. The smallest absolute Gasteiger partial charge is 0.292 e. The average molecular weight is 335 g/mol. The quantitative estimate of drug-likeness (QED) is 0.616. The number of aromatic nitrogens is 4. The summed E-state index contributed by atoms with van der Waals surface area (Å²) in [4.78, 5) is 2.30. The van der Waals surface area contributed by atoms with Crippen molar-refractivity contribution in [3.05, 3.63) is 60.2 Å². The molecule has 0 aliphatic rings. The third kappa shape index (κ3) is 4.06. The fourth-order valence-corrected chi connectivity index (χ4v) is 2.56. The van der Waals surface area contributed by atoms with E-state index in [4.69, 9.17) is 0 Å². The third-order valence-corrected chi connectivity index (χ3v) is 3.93. The molecule has 0 N–H and O–H groups in total. The highest BCUT2D eigenvalue weighted by Gasteiger charge is 2.06. The lowest BCUT2D eigenvalue weighted by molar-refractivity contribution is 0.785. The Morgan fingerprint density at radius 2 is 1.68 bits per heavy atom. The minimum Gasteiger partial charge on any atom is -0.372 e. The maximum absolute atomic E-state index is 4.23. The highest BCUT2D eigenvalue weighted by atomic mass is 15.6. The van der Waals surface area contributed by atoms with E-state index in [1.807, 2.05) is 30.3 Å². The van der Waals surface area contributed by atoms with Crippen LogP contribution in [-0.2, 0) is 6.54 Å². The van der Waals surface area contributed by atoms with Crippen LogP contribution in [-0.4, -0.2) is 33.3 Å². The lowest BCUT2D eigenvalue weighted by atomic mass is 10.2. The van der Waals surface area contributed by atoms with Crippen molar-refractivity contribution in [2.75, 3.05) is 18.0 Å². The van der Waals surface area contributed by atoms with Crippen molar-refractivity contribution in [3.8, 4) is 5.69 Å². The summed E-state index contributed by atoms with van der Waals surface area (Å²) in [6, 6.07) is 18.0. The molecule has 25 heavy (non-hydrogen) atoms. The number of azo groups is 1. The zero-order valence-corrected chi connectivity index (χ0v) is 14.4. The fraction of sp³-hybridized carbons (Fsp3) is 0.278. The number of hydrogen-bond donors (Lipinski definition) is 0. The molecule has 0 amide bonds. The van der Waals surface area contributed by atoms with E-state index in [0.29, 0.717) is 12.5 Å². The van der Waals surface area contributed by atoms with Gasteiger partial charge in [-0.1, -0.05) is 35.4 Å². The van der Waals surface area contributed by atoms with Gasteiger partial charge in [0.05, 0.1) is 12.2 Å². The molecule has 0 radical (unpaired) electrons. The second kappa shape index (κ2) is 8.14. The van der Waals surface area contributed by atoms with Crippen LogP contribution in [0.15, 0.2) is 64.8 Å². The zero-order valence-electron chi connectivity index (χ0n) is 14.4. The lowest BCUT2D eigenvalue weighted by Crippen LogP contribution is -2.21. The van der Waals surface area contributed by atoms with Gasteiger partial charge in [-0.2, -0.15) is 9.80 Å². The van der Waals surface area contributed by atoms with Crippen LogP contribution in [0.3, 0.4) is 0 Å². The number of anilines is 1. The molecule has 7 heteroatoms. The van der Waals surface area contributed by atoms with Crippen molar-refractivity contribution in [1.29, 1.82) is 0 Å². The Labute approximate surface area is 147 Å². The number of para-hydroxylation sites is 1. The van der Waals surface area contributed by atoms with Crippen LogP contribution >= 0.6 is 0 Å². The van der Waals surface area contributed by atoms with E-state index in [1.165, 1.54) is 5.69 Å². The van der Waals surface area contributed by atoms with Crippen LogP contribution < -0.4 is 4.90 Å². The summed E-state index contributed by atoms with van der Waals surface area (Å²) in [6.45, 7) is 6.79. The van der Waals surface area contributed by atoms with E-state index in [0.717, 1.165) is 24.3 Å². The molecule has 1 aromatic heterocycles. The van der Waals surface area contributed by atoms with E-state index in [9.17, 15) is 0 Å². The van der Waals surface area contributed by atoms with Gasteiger partial charge in [-0.15, -0.1) is 5.11 Å². The summed E-state index contributed by atoms with van der Waals surface area (Å²) in [6.07, 6.45) is 0. The highest BCUT2D eigenvalue weighted by Crippen LogP contribution is 2.17. The van der Waals surface area contributed by atoms with Crippen LogP contribution in [0.2, 0.25) is 0 Å². The monoisotopic (exact) mass is 335 g/mol. The van der Waals surface area contributed by atoms with Gasteiger partial charge >= 0.3 is 0 Å². The Morgan fingerprint density at radius 1 is 0.960 bits per heavy atom. The molecule has 2 aromatic carbocycles. The molecule has 0 aliphatic heterocycles. The van der Waals surface area contributed by atoms with E-state index in [1.54, 1.807) is 4.68 Å². The first-order valence-electron chi connectivity index (χ1n) is 8.37. The minimum absolute atomic E-state index is 0.367. The van der Waals surface area contributed by atoms with Crippen molar-refractivity contribution < 1.29 is 0 Å². The Balaban J connectivity index is 1.67. The largest absolute Gasteiger partial charge is 0.372 e. The number of tetrazole rings is 1. The molecule has 0 aliphatic carbocycles. The molecule has 0 saturated carbocycles. The van der Waals surface area contributed by atoms with Crippen LogP contribution in [0, 0.1) is 0 Å². The van der Waals surface area contributed by atoms with Gasteiger partial charge in [-0.05, 0) is 54.1 Å². The first kappa shape index (κ1) is 16.8. The van der Waals surface area contributed by atoms with Crippen LogP contribution in [0.1, 0.15) is 19.4 Å². The summed E-state index contributed by atoms with van der Waals surface area (Å²) < 4.78 is 1.56. The average Bonchev–Trinajstić information content (AvgIpc) is 3.13. The van der Waals surface area contributed by atoms with E-state index >= 15 is 0 Å². The van der Waals surface area contributed by atoms with Gasteiger partial charge in [-0.3, -0.25) is 0 Å². The summed E-state index contributed by atoms with van der Waals surface area (Å²) in [5, 5.41) is 20.0. The lowest BCUT2D eigenvalue weighted by Gasteiger charge is -2.20. The molecule has 0 saturated heterocycles. The molecule has 3 rings (SSSR count). The van der Waals surface area contributed by atoms with E-state index in [2.05, 4.69) is 68.8 Å². The van der Waals surface area contributed by atoms with Gasteiger partial charge < -0.3 is 4.90 Å². The summed E-state index contributed by atoms with van der Waals surface area (Å²) >= 11 is 0. The SMILES string of the molecule is CCN(CC)c1ccc(CN=Nc2nnnn2-c2ccccc2)cc1. The van der Waals surface area contributed by atoms with Gasteiger partial charge in [0.1, 0.15) is 0 Å². The number of benzene rings is 2. The summed E-state index contributed by atoms with van der Waals surface area (Å²) in [7, 11) is 0. The molecule has 3 aromatic rings. The molecular formula is C18H21N7. The van der Waals surface area contributed by atoms with Crippen molar-refractivity contribution in [2.24, 2.45) is 10.2 Å². The molecule has 0 spiro atoms. The minimum atomic E-state index is 0.367.